The van der Waals surface area contributed by atoms with Crippen molar-refractivity contribution < 1.29 is 0 Å². The maximum absolute atomic E-state index is 2.38. The minimum absolute atomic E-state index is 0.488. The van der Waals surface area contributed by atoms with Crippen LogP contribution in [0.3, 0.4) is 0 Å². The average Bonchev–Trinajstić information content (AvgIpc) is 2.56. The molecule has 0 fully saturated rings. The summed E-state index contributed by atoms with van der Waals surface area (Å²) in [6, 6.07) is 3.03. The van der Waals surface area contributed by atoms with E-state index in [9.17, 15) is 0 Å². The van der Waals surface area contributed by atoms with Crippen molar-refractivity contribution in [1.82, 2.24) is 0 Å². The van der Waals surface area contributed by atoms with Crippen molar-refractivity contribution in [2.75, 3.05) is 0 Å². The van der Waals surface area contributed by atoms with Gasteiger partial charge in [0.25, 0.3) is 0 Å². The highest BCUT2D eigenvalue weighted by molar-refractivity contribution is 6.66. The lowest BCUT2D eigenvalue weighted by Crippen LogP contribution is -2.14. The number of allylic oxidation sites excluding steroid dienone is 4. The molecule has 68 valence electrons. The molecule has 0 aliphatic heterocycles. The average molecular weight is 180 g/mol. The summed E-state index contributed by atoms with van der Waals surface area (Å²) in [7, 11) is -0.488. The van der Waals surface area contributed by atoms with Gasteiger partial charge in [0.2, 0.25) is 0 Å². The molecule has 0 saturated heterocycles. The van der Waals surface area contributed by atoms with Gasteiger partial charge in [-0.05, 0) is 6.42 Å². The smallest absolute Gasteiger partial charge is 0.0660 e. The molecule has 0 bridgehead atoms. The molecule has 1 aliphatic rings. The molecule has 0 radical (unpaired) electrons. The molecule has 0 heterocycles. The Balaban J connectivity index is 2.41. The zero-order chi connectivity index (χ0) is 8.81. The van der Waals surface area contributed by atoms with E-state index in [2.05, 4.69) is 32.1 Å². The zero-order valence-electron chi connectivity index (χ0n) is 8.34. The second-order valence-electron chi connectivity index (χ2n) is 3.65. The molecule has 0 aromatic rings. The zero-order valence-corrected chi connectivity index (χ0v) is 9.50. The van der Waals surface area contributed by atoms with Gasteiger partial charge in [-0.2, -0.15) is 0 Å². The van der Waals surface area contributed by atoms with Crippen molar-refractivity contribution in [3.05, 3.63) is 23.4 Å². The Morgan fingerprint density at radius 3 is 2.33 bits per heavy atom. The normalized spacial score (nSPS) is 15.8. The van der Waals surface area contributed by atoms with Crippen LogP contribution in [-0.2, 0) is 0 Å². The van der Waals surface area contributed by atoms with Crippen molar-refractivity contribution in [3.8, 4) is 0 Å². The highest BCUT2D eigenvalue weighted by atomic mass is 28.3. The third kappa shape index (κ3) is 2.63. The van der Waals surface area contributed by atoms with Gasteiger partial charge >= 0.3 is 0 Å². The minimum atomic E-state index is -0.488. The van der Waals surface area contributed by atoms with Crippen LogP contribution in [0.2, 0.25) is 12.1 Å². The summed E-state index contributed by atoms with van der Waals surface area (Å²) in [5.74, 6) is 0. The van der Waals surface area contributed by atoms with E-state index in [-0.39, 0.29) is 0 Å². The predicted molar refractivity (Wildman–Crippen MR) is 59.2 cm³/mol. The van der Waals surface area contributed by atoms with Crippen LogP contribution in [0.25, 0.3) is 0 Å². The Morgan fingerprint density at radius 2 is 1.92 bits per heavy atom. The summed E-state index contributed by atoms with van der Waals surface area (Å²) >= 11 is 0. The first kappa shape index (κ1) is 9.78. The van der Waals surface area contributed by atoms with Crippen LogP contribution in [-0.4, -0.2) is 8.80 Å². The van der Waals surface area contributed by atoms with Crippen LogP contribution in [0.1, 0.15) is 33.1 Å². The lowest BCUT2D eigenvalue weighted by molar-refractivity contribution is 1.00. The molecule has 0 aromatic heterocycles. The maximum atomic E-state index is 2.38. The largest absolute Gasteiger partial charge is 0.0809 e. The van der Waals surface area contributed by atoms with Crippen molar-refractivity contribution in [2.24, 2.45) is 0 Å². The van der Waals surface area contributed by atoms with Crippen LogP contribution >= 0.6 is 0 Å². The van der Waals surface area contributed by atoms with Crippen LogP contribution in [0.5, 0.6) is 0 Å². The Morgan fingerprint density at radius 1 is 1.25 bits per heavy atom. The highest BCUT2D eigenvalue weighted by Gasteiger charge is 2.14. The van der Waals surface area contributed by atoms with E-state index in [4.69, 9.17) is 0 Å². The molecule has 0 N–H and O–H groups in total. The van der Waals surface area contributed by atoms with Gasteiger partial charge < -0.3 is 0 Å². The SMILES string of the molecule is CCC[SiH](CCC)C1=CC=CC1. The molecule has 0 amide bonds. The molecule has 0 aromatic carbocycles. The molecule has 1 heteroatoms. The van der Waals surface area contributed by atoms with Gasteiger partial charge in [-0.25, -0.2) is 0 Å². The summed E-state index contributed by atoms with van der Waals surface area (Å²) in [6.07, 6.45) is 11.0. The fourth-order valence-corrected chi connectivity index (χ4v) is 5.26. The third-order valence-electron chi connectivity index (χ3n) is 2.60. The summed E-state index contributed by atoms with van der Waals surface area (Å²) in [6.45, 7) is 4.64. The standard InChI is InChI=1S/C11H20Si/c1-3-9-12(10-4-2)11-7-5-6-8-11/h5-7,12H,3-4,8-10H2,1-2H3. The van der Waals surface area contributed by atoms with Gasteiger partial charge in [-0.15, -0.1) is 0 Å². The molecule has 0 spiro atoms. The molecule has 12 heavy (non-hydrogen) atoms. The van der Waals surface area contributed by atoms with Gasteiger partial charge in [0, 0.05) is 0 Å². The van der Waals surface area contributed by atoms with Crippen LogP contribution in [0, 0.1) is 0 Å². The quantitative estimate of drug-likeness (QED) is 0.568. The molecule has 1 aliphatic carbocycles. The second kappa shape index (κ2) is 5.36. The van der Waals surface area contributed by atoms with E-state index in [0.29, 0.717) is 0 Å². The van der Waals surface area contributed by atoms with E-state index < -0.39 is 8.80 Å². The minimum Gasteiger partial charge on any atom is -0.0809 e. The van der Waals surface area contributed by atoms with Gasteiger partial charge in [0.15, 0.2) is 0 Å². The van der Waals surface area contributed by atoms with Gasteiger partial charge in [0.1, 0.15) is 0 Å². The Bertz CT molecular complexity index is 173. The van der Waals surface area contributed by atoms with Crippen molar-refractivity contribution in [1.29, 1.82) is 0 Å². The molecule has 0 unspecified atom stereocenters. The second-order valence-corrected chi connectivity index (χ2v) is 6.94. The van der Waals surface area contributed by atoms with Crippen molar-refractivity contribution in [3.63, 3.8) is 0 Å². The summed E-state index contributed by atoms with van der Waals surface area (Å²) in [4.78, 5) is 0. The lowest BCUT2D eigenvalue weighted by atomic mass is 10.5. The van der Waals surface area contributed by atoms with Crippen LogP contribution in [0.4, 0.5) is 0 Å². The topological polar surface area (TPSA) is 0 Å². The van der Waals surface area contributed by atoms with E-state index in [1.54, 1.807) is 5.20 Å². The monoisotopic (exact) mass is 180 g/mol. The molecular weight excluding hydrogens is 160 g/mol. The molecule has 1 rings (SSSR count). The molecule has 0 saturated carbocycles. The summed E-state index contributed by atoms with van der Waals surface area (Å²) in [5, 5.41) is 1.80. The Kier molecular flexibility index (Phi) is 4.37. The van der Waals surface area contributed by atoms with E-state index in [1.165, 1.54) is 31.4 Å². The predicted octanol–water partition coefficient (Wildman–Crippen LogP) is 3.46. The maximum Gasteiger partial charge on any atom is 0.0660 e. The van der Waals surface area contributed by atoms with Gasteiger partial charge in [-0.3, -0.25) is 0 Å². The highest BCUT2D eigenvalue weighted by Crippen LogP contribution is 2.21. The van der Waals surface area contributed by atoms with Gasteiger partial charge in [0.05, 0.1) is 8.80 Å². The van der Waals surface area contributed by atoms with Crippen LogP contribution in [0.15, 0.2) is 23.4 Å². The van der Waals surface area contributed by atoms with Crippen molar-refractivity contribution in [2.45, 2.75) is 45.2 Å². The molecular formula is C11H20Si. The fourth-order valence-electron chi connectivity index (χ4n) is 1.98. The van der Waals surface area contributed by atoms with E-state index >= 15 is 0 Å². The number of rotatable bonds is 5. The first-order chi connectivity index (χ1) is 5.88. The fraction of sp³-hybridized carbons (Fsp3) is 0.636. The van der Waals surface area contributed by atoms with E-state index in [0.717, 1.165) is 0 Å². The first-order valence-electron chi connectivity index (χ1n) is 5.24. The summed E-state index contributed by atoms with van der Waals surface area (Å²) < 4.78 is 0. The van der Waals surface area contributed by atoms with E-state index in [1.807, 2.05) is 0 Å². The molecule has 0 nitrogen and oxygen atoms in total. The van der Waals surface area contributed by atoms with Gasteiger partial charge in [-0.1, -0.05) is 62.2 Å². The molecule has 0 atom stereocenters. The summed E-state index contributed by atoms with van der Waals surface area (Å²) in [5.41, 5.74) is 0. The Hall–Kier alpha value is -0.303. The lowest BCUT2D eigenvalue weighted by Gasteiger charge is -2.14. The first-order valence-corrected chi connectivity index (χ1v) is 7.45. The van der Waals surface area contributed by atoms with Crippen LogP contribution < -0.4 is 0 Å². The van der Waals surface area contributed by atoms with Crippen molar-refractivity contribution >= 4 is 8.80 Å². The Labute approximate surface area is 78.0 Å². The third-order valence-corrected chi connectivity index (χ3v) is 6.62. The number of hydrogen-bond acceptors (Lipinski definition) is 0. The number of hydrogen-bond donors (Lipinski definition) is 0.